The Bertz CT molecular complexity index is 881. The van der Waals surface area contributed by atoms with Crippen LogP contribution in [0.15, 0.2) is 66.7 Å². The molecule has 0 saturated heterocycles. The Labute approximate surface area is 155 Å². The molecule has 132 valence electrons. The quantitative estimate of drug-likeness (QED) is 0.580. The molecule has 0 spiro atoms. The van der Waals surface area contributed by atoms with Crippen molar-refractivity contribution in [1.82, 2.24) is 0 Å². The molecule has 3 aromatic carbocycles. The van der Waals surface area contributed by atoms with E-state index >= 15 is 0 Å². The SMILES string of the molecule is COc1cccc(-c2ccc(COc3ccc4c(c3)CCCC4)cc2)c1. The van der Waals surface area contributed by atoms with Crippen molar-refractivity contribution in [3.05, 3.63) is 83.4 Å². The summed E-state index contributed by atoms with van der Waals surface area (Å²) in [5, 5.41) is 0. The van der Waals surface area contributed by atoms with Gasteiger partial charge in [0.05, 0.1) is 7.11 Å². The van der Waals surface area contributed by atoms with E-state index in [2.05, 4.69) is 54.6 Å². The summed E-state index contributed by atoms with van der Waals surface area (Å²) in [6.07, 6.45) is 5.00. The average molecular weight is 344 g/mol. The molecule has 0 unspecified atom stereocenters. The van der Waals surface area contributed by atoms with Crippen molar-refractivity contribution in [1.29, 1.82) is 0 Å². The number of fused-ring (bicyclic) bond motifs is 1. The predicted molar refractivity (Wildman–Crippen MR) is 106 cm³/mol. The first kappa shape index (κ1) is 16.7. The summed E-state index contributed by atoms with van der Waals surface area (Å²) in [6, 6.07) is 23.2. The van der Waals surface area contributed by atoms with Crippen LogP contribution in [-0.4, -0.2) is 7.11 Å². The van der Waals surface area contributed by atoms with Crippen LogP contribution in [0.2, 0.25) is 0 Å². The summed E-state index contributed by atoms with van der Waals surface area (Å²) in [7, 11) is 1.69. The molecule has 0 aliphatic heterocycles. The molecule has 0 saturated carbocycles. The van der Waals surface area contributed by atoms with E-state index in [0.29, 0.717) is 6.61 Å². The van der Waals surface area contributed by atoms with Gasteiger partial charge in [-0.25, -0.2) is 0 Å². The van der Waals surface area contributed by atoms with Crippen molar-refractivity contribution >= 4 is 0 Å². The Morgan fingerprint density at radius 1 is 0.731 bits per heavy atom. The number of ether oxygens (including phenoxy) is 2. The first-order valence-corrected chi connectivity index (χ1v) is 9.30. The maximum absolute atomic E-state index is 6.02. The summed E-state index contributed by atoms with van der Waals surface area (Å²) >= 11 is 0. The third kappa shape index (κ3) is 3.75. The van der Waals surface area contributed by atoms with Gasteiger partial charge in [-0.05, 0) is 77.8 Å². The minimum Gasteiger partial charge on any atom is -0.497 e. The molecule has 4 rings (SSSR count). The van der Waals surface area contributed by atoms with Gasteiger partial charge < -0.3 is 9.47 Å². The third-order valence-electron chi connectivity index (χ3n) is 5.08. The molecule has 0 aromatic heterocycles. The largest absolute Gasteiger partial charge is 0.497 e. The lowest BCUT2D eigenvalue weighted by atomic mass is 9.92. The molecule has 0 atom stereocenters. The van der Waals surface area contributed by atoms with Crippen LogP contribution in [0.1, 0.15) is 29.5 Å². The number of benzene rings is 3. The fourth-order valence-corrected chi connectivity index (χ4v) is 3.56. The van der Waals surface area contributed by atoms with Gasteiger partial charge in [-0.3, -0.25) is 0 Å². The maximum atomic E-state index is 6.02. The zero-order valence-corrected chi connectivity index (χ0v) is 15.2. The van der Waals surface area contributed by atoms with Gasteiger partial charge in [-0.2, -0.15) is 0 Å². The van der Waals surface area contributed by atoms with Gasteiger partial charge >= 0.3 is 0 Å². The first-order chi connectivity index (χ1) is 12.8. The number of rotatable bonds is 5. The van der Waals surface area contributed by atoms with Crippen molar-refractivity contribution in [2.24, 2.45) is 0 Å². The van der Waals surface area contributed by atoms with Gasteiger partial charge in [-0.15, -0.1) is 0 Å². The molecule has 2 nitrogen and oxygen atoms in total. The highest BCUT2D eigenvalue weighted by Crippen LogP contribution is 2.27. The molecule has 0 fully saturated rings. The minimum absolute atomic E-state index is 0.594. The van der Waals surface area contributed by atoms with E-state index in [0.717, 1.165) is 17.1 Å². The minimum atomic E-state index is 0.594. The summed E-state index contributed by atoms with van der Waals surface area (Å²) < 4.78 is 11.3. The van der Waals surface area contributed by atoms with Crippen molar-refractivity contribution in [3.63, 3.8) is 0 Å². The van der Waals surface area contributed by atoms with Crippen LogP contribution in [0.4, 0.5) is 0 Å². The zero-order valence-electron chi connectivity index (χ0n) is 15.2. The van der Waals surface area contributed by atoms with Gasteiger partial charge in [0, 0.05) is 0 Å². The monoisotopic (exact) mass is 344 g/mol. The van der Waals surface area contributed by atoms with Gasteiger partial charge in [0.15, 0.2) is 0 Å². The lowest BCUT2D eigenvalue weighted by Crippen LogP contribution is -2.03. The molecule has 1 aliphatic rings. The van der Waals surface area contributed by atoms with Crippen LogP contribution in [0, 0.1) is 0 Å². The van der Waals surface area contributed by atoms with E-state index in [1.807, 2.05) is 12.1 Å². The second-order valence-corrected chi connectivity index (χ2v) is 6.86. The highest BCUT2D eigenvalue weighted by Gasteiger charge is 2.10. The van der Waals surface area contributed by atoms with Crippen LogP contribution < -0.4 is 9.47 Å². The van der Waals surface area contributed by atoms with Crippen LogP contribution in [0.5, 0.6) is 11.5 Å². The second-order valence-electron chi connectivity index (χ2n) is 6.86. The van der Waals surface area contributed by atoms with Crippen molar-refractivity contribution in [3.8, 4) is 22.6 Å². The van der Waals surface area contributed by atoms with E-state index in [1.54, 1.807) is 7.11 Å². The van der Waals surface area contributed by atoms with Crippen LogP contribution in [0.25, 0.3) is 11.1 Å². The Morgan fingerprint density at radius 3 is 2.35 bits per heavy atom. The lowest BCUT2D eigenvalue weighted by Gasteiger charge is -2.17. The Hall–Kier alpha value is -2.74. The third-order valence-corrected chi connectivity index (χ3v) is 5.08. The summed E-state index contributed by atoms with van der Waals surface area (Å²) in [4.78, 5) is 0. The number of hydrogen-bond acceptors (Lipinski definition) is 2. The highest BCUT2D eigenvalue weighted by molar-refractivity contribution is 5.65. The van der Waals surface area contributed by atoms with Crippen LogP contribution in [0.3, 0.4) is 0 Å². The molecular weight excluding hydrogens is 320 g/mol. The second kappa shape index (κ2) is 7.65. The maximum Gasteiger partial charge on any atom is 0.120 e. The van der Waals surface area contributed by atoms with Crippen molar-refractivity contribution in [2.75, 3.05) is 7.11 Å². The lowest BCUT2D eigenvalue weighted by molar-refractivity contribution is 0.305. The molecule has 3 aromatic rings. The first-order valence-electron chi connectivity index (χ1n) is 9.30. The van der Waals surface area contributed by atoms with E-state index in [1.165, 1.54) is 47.9 Å². The van der Waals surface area contributed by atoms with Gasteiger partial charge in [0.2, 0.25) is 0 Å². The van der Waals surface area contributed by atoms with Crippen molar-refractivity contribution < 1.29 is 9.47 Å². The Kier molecular flexibility index (Phi) is 4.92. The van der Waals surface area contributed by atoms with Gasteiger partial charge in [0.1, 0.15) is 18.1 Å². The Morgan fingerprint density at radius 2 is 1.54 bits per heavy atom. The molecule has 0 amide bonds. The highest BCUT2D eigenvalue weighted by atomic mass is 16.5. The van der Waals surface area contributed by atoms with Gasteiger partial charge in [0.25, 0.3) is 0 Å². The van der Waals surface area contributed by atoms with E-state index < -0.39 is 0 Å². The fraction of sp³-hybridized carbons (Fsp3) is 0.250. The van der Waals surface area contributed by atoms with Gasteiger partial charge in [-0.1, -0.05) is 42.5 Å². The normalized spacial score (nSPS) is 13.1. The van der Waals surface area contributed by atoms with E-state index in [4.69, 9.17) is 9.47 Å². The fourth-order valence-electron chi connectivity index (χ4n) is 3.56. The van der Waals surface area contributed by atoms with E-state index in [9.17, 15) is 0 Å². The number of hydrogen-bond donors (Lipinski definition) is 0. The standard InChI is InChI=1S/C24H24O2/c1-25-23-8-4-7-22(15-23)20-11-9-18(10-12-20)17-26-24-14-13-19-5-2-3-6-21(19)16-24/h4,7-16H,2-3,5-6,17H2,1H3. The average Bonchev–Trinajstić information content (AvgIpc) is 2.72. The predicted octanol–water partition coefficient (Wildman–Crippen LogP) is 5.82. The molecule has 2 heteroatoms. The summed E-state index contributed by atoms with van der Waals surface area (Å²) in [5.41, 5.74) is 6.47. The summed E-state index contributed by atoms with van der Waals surface area (Å²) in [6.45, 7) is 0.594. The van der Waals surface area contributed by atoms with E-state index in [-0.39, 0.29) is 0 Å². The topological polar surface area (TPSA) is 18.5 Å². The Balaban J connectivity index is 1.43. The molecule has 0 radical (unpaired) electrons. The number of methoxy groups -OCH3 is 1. The zero-order chi connectivity index (χ0) is 17.8. The van der Waals surface area contributed by atoms with Crippen LogP contribution in [-0.2, 0) is 19.4 Å². The molecule has 1 aliphatic carbocycles. The molecule has 0 heterocycles. The molecule has 26 heavy (non-hydrogen) atoms. The molecule has 0 bridgehead atoms. The smallest absolute Gasteiger partial charge is 0.120 e. The molecular formula is C24H24O2. The number of aryl methyl sites for hydroxylation is 2. The van der Waals surface area contributed by atoms with Crippen molar-refractivity contribution in [2.45, 2.75) is 32.3 Å². The summed E-state index contributed by atoms with van der Waals surface area (Å²) in [5.74, 6) is 1.85. The van der Waals surface area contributed by atoms with Crippen LogP contribution >= 0.6 is 0 Å². The molecule has 0 N–H and O–H groups in total.